The zero-order valence-corrected chi connectivity index (χ0v) is 18.7. The van der Waals surface area contributed by atoms with Crippen LogP contribution in [-0.4, -0.2) is 53.5 Å². The molecule has 2 fully saturated rings. The fourth-order valence-electron chi connectivity index (χ4n) is 5.72. The predicted octanol–water partition coefficient (Wildman–Crippen LogP) is 2.65. The maximum Gasteiger partial charge on any atom is 0.407 e. The number of ether oxygens (including phenoxy) is 1. The average Bonchev–Trinajstić information content (AvgIpc) is 3.26. The third-order valence-electron chi connectivity index (χ3n) is 7.52. The minimum Gasteiger partial charge on any atom is -0.479 e. The first-order valence-corrected chi connectivity index (χ1v) is 11.7. The van der Waals surface area contributed by atoms with Crippen LogP contribution in [0.1, 0.15) is 42.7 Å². The second-order valence-electron chi connectivity index (χ2n) is 9.56. The van der Waals surface area contributed by atoms with Crippen LogP contribution in [0.5, 0.6) is 0 Å². The van der Waals surface area contributed by atoms with Crippen molar-refractivity contribution in [1.82, 2.24) is 10.6 Å². The number of nitrogens with one attached hydrogen (secondary N) is 2. The highest BCUT2D eigenvalue weighted by molar-refractivity contribution is 5.87. The van der Waals surface area contributed by atoms with Gasteiger partial charge >= 0.3 is 12.1 Å². The molecule has 0 aromatic heterocycles. The summed E-state index contributed by atoms with van der Waals surface area (Å²) >= 11 is 0. The lowest BCUT2D eigenvalue weighted by Gasteiger charge is -2.19. The minimum absolute atomic E-state index is 0.00611. The number of carboxylic acids is 1. The topological polar surface area (TPSA) is 125 Å². The molecule has 4 atom stereocenters. The molecule has 2 aromatic rings. The van der Waals surface area contributed by atoms with Crippen molar-refractivity contribution in [3.05, 3.63) is 59.7 Å². The molecule has 178 valence electrons. The zero-order chi connectivity index (χ0) is 23.9. The van der Waals surface area contributed by atoms with Crippen molar-refractivity contribution in [1.29, 1.82) is 0 Å². The first kappa shape index (κ1) is 22.4. The molecule has 2 aromatic carbocycles. The molecule has 0 spiro atoms. The van der Waals surface area contributed by atoms with E-state index in [-0.39, 0.29) is 43.4 Å². The Hall–Kier alpha value is -3.39. The predicted molar refractivity (Wildman–Crippen MR) is 123 cm³/mol. The van der Waals surface area contributed by atoms with Gasteiger partial charge in [-0.15, -0.1) is 0 Å². The van der Waals surface area contributed by atoms with Crippen LogP contribution >= 0.6 is 0 Å². The average molecular weight is 465 g/mol. The van der Waals surface area contributed by atoms with E-state index in [1.807, 2.05) is 24.3 Å². The van der Waals surface area contributed by atoms with Crippen LogP contribution in [0.25, 0.3) is 11.1 Å². The fraction of sp³-hybridized carbons (Fsp3) is 0.423. The lowest BCUT2D eigenvalue weighted by molar-refractivity contribution is -0.147. The molecule has 0 bridgehead atoms. The van der Waals surface area contributed by atoms with Crippen molar-refractivity contribution in [2.75, 3.05) is 13.2 Å². The standard InChI is InChI=1S/C26H28N2O6/c29-22(23(30)31)9-10-27-24(32)26-12-15(26)11-16(13-26)28-25(33)34-14-21-19-7-3-1-5-17(19)18-6-2-4-8-20(18)21/h1-8,15-16,21-22,29H,9-14H2,(H,27,32)(H,28,33)(H,30,31). The molecule has 4 unspecified atom stereocenters. The van der Waals surface area contributed by atoms with Gasteiger partial charge in [-0.05, 0) is 47.4 Å². The number of aliphatic carboxylic acids is 1. The molecule has 34 heavy (non-hydrogen) atoms. The Morgan fingerprint density at radius 3 is 2.32 bits per heavy atom. The molecule has 0 radical (unpaired) electrons. The van der Waals surface area contributed by atoms with Crippen LogP contribution in [0.3, 0.4) is 0 Å². The third-order valence-corrected chi connectivity index (χ3v) is 7.52. The van der Waals surface area contributed by atoms with E-state index in [0.717, 1.165) is 24.0 Å². The number of alkyl carbamates (subject to hydrolysis) is 1. The van der Waals surface area contributed by atoms with Crippen LogP contribution in [0.15, 0.2) is 48.5 Å². The molecule has 2 saturated carbocycles. The Kier molecular flexibility index (Phi) is 5.77. The van der Waals surface area contributed by atoms with Crippen molar-refractivity contribution in [2.45, 2.75) is 43.7 Å². The fourth-order valence-corrected chi connectivity index (χ4v) is 5.72. The molecule has 0 saturated heterocycles. The number of hydrogen-bond acceptors (Lipinski definition) is 5. The molecule has 0 heterocycles. The third kappa shape index (κ3) is 4.03. The highest BCUT2D eigenvalue weighted by Gasteiger charge is 2.65. The van der Waals surface area contributed by atoms with Gasteiger partial charge in [-0.3, -0.25) is 4.79 Å². The number of aliphatic hydroxyl groups is 1. The van der Waals surface area contributed by atoms with Crippen molar-refractivity contribution >= 4 is 18.0 Å². The molecule has 4 N–H and O–H groups in total. The molecule has 0 aliphatic heterocycles. The quantitative estimate of drug-likeness (QED) is 0.476. The van der Waals surface area contributed by atoms with Crippen molar-refractivity contribution in [2.24, 2.45) is 11.3 Å². The summed E-state index contributed by atoms with van der Waals surface area (Å²) in [5, 5.41) is 23.7. The summed E-state index contributed by atoms with van der Waals surface area (Å²) in [5.41, 5.74) is 4.15. The van der Waals surface area contributed by atoms with Gasteiger partial charge < -0.3 is 25.6 Å². The summed E-state index contributed by atoms with van der Waals surface area (Å²) in [4.78, 5) is 35.9. The van der Waals surface area contributed by atoms with Gasteiger partial charge in [-0.2, -0.15) is 0 Å². The zero-order valence-electron chi connectivity index (χ0n) is 18.7. The van der Waals surface area contributed by atoms with E-state index in [1.54, 1.807) is 0 Å². The Labute approximate surface area is 197 Å². The van der Waals surface area contributed by atoms with E-state index in [9.17, 15) is 19.5 Å². The molecular formula is C26H28N2O6. The monoisotopic (exact) mass is 464 g/mol. The molecule has 5 rings (SSSR count). The van der Waals surface area contributed by atoms with Gasteiger partial charge in [-0.1, -0.05) is 48.5 Å². The summed E-state index contributed by atoms with van der Waals surface area (Å²) < 4.78 is 5.62. The van der Waals surface area contributed by atoms with E-state index in [1.165, 1.54) is 11.1 Å². The number of aliphatic hydroxyl groups excluding tert-OH is 1. The van der Waals surface area contributed by atoms with E-state index in [0.29, 0.717) is 6.42 Å². The number of carboxylic acid groups (broad SMARTS) is 1. The lowest BCUT2D eigenvalue weighted by Crippen LogP contribution is -2.39. The van der Waals surface area contributed by atoms with Gasteiger partial charge in [0.05, 0.1) is 5.41 Å². The summed E-state index contributed by atoms with van der Waals surface area (Å²) in [6.45, 7) is 0.346. The Morgan fingerprint density at radius 2 is 1.68 bits per heavy atom. The van der Waals surface area contributed by atoms with Crippen molar-refractivity contribution < 1.29 is 29.3 Å². The Bertz CT molecular complexity index is 1090. The normalized spacial score (nSPS) is 25.0. The van der Waals surface area contributed by atoms with E-state index < -0.39 is 23.6 Å². The first-order chi connectivity index (χ1) is 16.4. The summed E-state index contributed by atoms with van der Waals surface area (Å²) in [7, 11) is 0. The molecule has 8 nitrogen and oxygen atoms in total. The number of carbonyl (C=O) groups is 3. The van der Waals surface area contributed by atoms with E-state index in [2.05, 4.69) is 34.9 Å². The maximum absolute atomic E-state index is 12.6. The molecule has 3 aliphatic carbocycles. The SMILES string of the molecule is O=C(NC1CC2CC2(C(=O)NCCC(O)C(=O)O)C1)OCC1c2ccccc2-c2ccccc21. The second-order valence-corrected chi connectivity index (χ2v) is 9.56. The molecule has 3 aliphatic rings. The summed E-state index contributed by atoms with van der Waals surface area (Å²) in [5.74, 6) is -1.24. The Balaban J connectivity index is 1.12. The van der Waals surface area contributed by atoms with Crippen LogP contribution in [0, 0.1) is 11.3 Å². The molecule has 2 amide bonds. The number of rotatable bonds is 8. The van der Waals surface area contributed by atoms with Gasteiger partial charge in [-0.25, -0.2) is 9.59 Å². The number of hydrogen-bond donors (Lipinski definition) is 4. The number of benzene rings is 2. The summed E-state index contributed by atoms with van der Waals surface area (Å²) in [6.07, 6.45) is 0.0180. The van der Waals surface area contributed by atoms with Gasteiger partial charge in [0.2, 0.25) is 5.91 Å². The summed E-state index contributed by atoms with van der Waals surface area (Å²) in [6, 6.07) is 16.2. The van der Waals surface area contributed by atoms with Gasteiger partial charge in [0.25, 0.3) is 0 Å². The van der Waals surface area contributed by atoms with Crippen LogP contribution in [0.4, 0.5) is 4.79 Å². The van der Waals surface area contributed by atoms with Crippen LogP contribution in [-0.2, 0) is 14.3 Å². The second kappa shape index (κ2) is 8.76. The van der Waals surface area contributed by atoms with Gasteiger partial charge in [0, 0.05) is 24.9 Å². The highest BCUT2D eigenvalue weighted by atomic mass is 16.5. The largest absolute Gasteiger partial charge is 0.479 e. The van der Waals surface area contributed by atoms with Crippen LogP contribution < -0.4 is 10.6 Å². The molecule has 8 heteroatoms. The smallest absolute Gasteiger partial charge is 0.407 e. The lowest BCUT2D eigenvalue weighted by atomic mass is 9.98. The number of amides is 2. The van der Waals surface area contributed by atoms with E-state index in [4.69, 9.17) is 9.84 Å². The maximum atomic E-state index is 12.6. The van der Waals surface area contributed by atoms with Crippen molar-refractivity contribution in [3.8, 4) is 11.1 Å². The Morgan fingerprint density at radius 1 is 1.03 bits per heavy atom. The minimum atomic E-state index is -1.49. The number of carbonyl (C=O) groups excluding carboxylic acids is 2. The van der Waals surface area contributed by atoms with Gasteiger partial charge in [0.1, 0.15) is 6.61 Å². The molecular weight excluding hydrogens is 436 g/mol. The first-order valence-electron chi connectivity index (χ1n) is 11.7. The van der Waals surface area contributed by atoms with Crippen LogP contribution in [0.2, 0.25) is 0 Å². The highest BCUT2D eigenvalue weighted by Crippen LogP contribution is 2.63. The number of fused-ring (bicyclic) bond motifs is 4. The van der Waals surface area contributed by atoms with Gasteiger partial charge in [0.15, 0.2) is 6.10 Å². The van der Waals surface area contributed by atoms with E-state index >= 15 is 0 Å². The van der Waals surface area contributed by atoms with Crippen molar-refractivity contribution in [3.63, 3.8) is 0 Å².